The van der Waals surface area contributed by atoms with Gasteiger partial charge in [-0.15, -0.1) is 0 Å². The first-order chi connectivity index (χ1) is 9.49. The molecule has 20 heavy (non-hydrogen) atoms. The van der Waals surface area contributed by atoms with Crippen LogP contribution in [0.5, 0.6) is 0 Å². The van der Waals surface area contributed by atoms with Gasteiger partial charge in [-0.25, -0.2) is 0 Å². The number of aryl methyl sites for hydroxylation is 1. The van der Waals surface area contributed by atoms with Crippen molar-refractivity contribution in [1.82, 2.24) is 10.6 Å². The molecule has 1 saturated heterocycles. The quantitative estimate of drug-likeness (QED) is 0.885. The summed E-state index contributed by atoms with van der Waals surface area (Å²) in [5, 5.41) is 6.42. The van der Waals surface area contributed by atoms with E-state index in [1.165, 1.54) is 11.1 Å². The van der Waals surface area contributed by atoms with E-state index in [2.05, 4.69) is 55.7 Å². The average molecular weight is 274 g/mol. The Morgan fingerprint density at radius 1 is 1.45 bits per heavy atom. The van der Waals surface area contributed by atoms with Crippen molar-refractivity contribution in [2.75, 3.05) is 19.6 Å². The lowest BCUT2D eigenvalue weighted by Crippen LogP contribution is -2.44. The van der Waals surface area contributed by atoms with E-state index in [4.69, 9.17) is 0 Å². The third kappa shape index (κ3) is 3.83. The van der Waals surface area contributed by atoms with E-state index in [0.29, 0.717) is 6.54 Å². The molecule has 1 aromatic rings. The zero-order valence-corrected chi connectivity index (χ0v) is 12.8. The van der Waals surface area contributed by atoms with Gasteiger partial charge in [-0.2, -0.15) is 0 Å². The highest BCUT2D eigenvalue weighted by atomic mass is 16.1. The molecular formula is C17H26N2O. The third-order valence-corrected chi connectivity index (χ3v) is 4.17. The van der Waals surface area contributed by atoms with Crippen LogP contribution in [0, 0.1) is 12.8 Å². The van der Waals surface area contributed by atoms with Crippen LogP contribution in [0.3, 0.4) is 0 Å². The van der Waals surface area contributed by atoms with Crippen molar-refractivity contribution >= 4 is 5.91 Å². The summed E-state index contributed by atoms with van der Waals surface area (Å²) in [4.78, 5) is 12.2. The first kappa shape index (κ1) is 15.0. The number of nitrogens with one attached hydrogen (secondary N) is 2. The topological polar surface area (TPSA) is 41.1 Å². The van der Waals surface area contributed by atoms with Crippen molar-refractivity contribution in [1.29, 1.82) is 0 Å². The van der Waals surface area contributed by atoms with Crippen molar-refractivity contribution in [3.8, 4) is 0 Å². The lowest BCUT2D eigenvalue weighted by Gasteiger charge is -2.28. The summed E-state index contributed by atoms with van der Waals surface area (Å²) in [7, 11) is 0. The van der Waals surface area contributed by atoms with Crippen LogP contribution in [-0.2, 0) is 10.2 Å². The smallest absolute Gasteiger partial charge is 0.224 e. The molecule has 0 radical (unpaired) electrons. The van der Waals surface area contributed by atoms with E-state index in [-0.39, 0.29) is 17.2 Å². The summed E-state index contributed by atoms with van der Waals surface area (Å²) in [6.07, 6.45) is 2.10. The van der Waals surface area contributed by atoms with Crippen molar-refractivity contribution < 1.29 is 4.79 Å². The zero-order valence-electron chi connectivity index (χ0n) is 12.8. The second-order valence-corrected chi connectivity index (χ2v) is 6.51. The third-order valence-electron chi connectivity index (χ3n) is 4.17. The maximum absolute atomic E-state index is 12.2. The molecule has 3 nitrogen and oxygen atoms in total. The van der Waals surface area contributed by atoms with Crippen molar-refractivity contribution in [2.45, 2.75) is 39.0 Å². The van der Waals surface area contributed by atoms with E-state index < -0.39 is 0 Å². The maximum Gasteiger partial charge on any atom is 0.224 e. The molecule has 1 atom stereocenters. The van der Waals surface area contributed by atoms with Gasteiger partial charge in [0.25, 0.3) is 0 Å². The minimum absolute atomic E-state index is 0.0379. The lowest BCUT2D eigenvalue weighted by molar-refractivity contribution is -0.125. The van der Waals surface area contributed by atoms with Crippen LogP contribution in [0.15, 0.2) is 24.3 Å². The molecule has 2 rings (SSSR count). The van der Waals surface area contributed by atoms with Gasteiger partial charge in [-0.05, 0) is 31.9 Å². The van der Waals surface area contributed by atoms with Crippen molar-refractivity contribution in [3.05, 3.63) is 35.4 Å². The molecule has 3 heteroatoms. The lowest BCUT2D eigenvalue weighted by atomic mass is 9.83. The van der Waals surface area contributed by atoms with Crippen LogP contribution < -0.4 is 10.6 Å². The largest absolute Gasteiger partial charge is 0.355 e. The first-order valence-electron chi connectivity index (χ1n) is 7.54. The number of carbonyl (C=O) groups is 1. The Kier molecular flexibility index (Phi) is 4.81. The Labute approximate surface area is 122 Å². The van der Waals surface area contributed by atoms with Gasteiger partial charge in [0.1, 0.15) is 0 Å². The fourth-order valence-corrected chi connectivity index (χ4v) is 2.70. The Balaban J connectivity index is 1.93. The highest BCUT2D eigenvalue weighted by Gasteiger charge is 2.25. The van der Waals surface area contributed by atoms with E-state index in [1.54, 1.807) is 0 Å². The normalized spacial score (nSPS) is 19.6. The second kappa shape index (κ2) is 6.40. The summed E-state index contributed by atoms with van der Waals surface area (Å²) >= 11 is 0. The molecule has 1 aliphatic rings. The van der Waals surface area contributed by atoms with Gasteiger partial charge in [0, 0.05) is 18.5 Å². The van der Waals surface area contributed by atoms with Crippen LogP contribution in [0.1, 0.15) is 37.8 Å². The Morgan fingerprint density at radius 2 is 2.25 bits per heavy atom. The van der Waals surface area contributed by atoms with Gasteiger partial charge in [0.15, 0.2) is 0 Å². The van der Waals surface area contributed by atoms with Gasteiger partial charge in [-0.1, -0.05) is 43.7 Å². The van der Waals surface area contributed by atoms with Gasteiger partial charge < -0.3 is 10.6 Å². The fraction of sp³-hybridized carbons (Fsp3) is 0.588. The number of rotatable bonds is 4. The summed E-state index contributed by atoms with van der Waals surface area (Å²) in [5.41, 5.74) is 2.50. The molecule has 0 spiro atoms. The molecule has 1 heterocycles. The summed E-state index contributed by atoms with van der Waals surface area (Å²) in [6, 6.07) is 8.53. The van der Waals surface area contributed by atoms with Crippen molar-refractivity contribution in [2.24, 2.45) is 5.92 Å². The molecule has 0 aromatic heterocycles. The molecule has 1 fully saturated rings. The molecule has 1 unspecified atom stereocenters. The van der Waals surface area contributed by atoms with E-state index >= 15 is 0 Å². The number of piperidine rings is 1. The average Bonchev–Trinajstić information content (AvgIpc) is 2.46. The number of carbonyl (C=O) groups excluding carboxylic acids is 1. The molecule has 0 saturated carbocycles. The van der Waals surface area contributed by atoms with Gasteiger partial charge in [-0.3, -0.25) is 4.79 Å². The van der Waals surface area contributed by atoms with Gasteiger partial charge in [0.2, 0.25) is 5.91 Å². The SMILES string of the molecule is Cc1cccc(C(C)(C)CNC(=O)C2CCCNC2)c1. The summed E-state index contributed by atoms with van der Waals surface area (Å²) < 4.78 is 0. The minimum Gasteiger partial charge on any atom is -0.355 e. The number of amides is 1. The molecular weight excluding hydrogens is 248 g/mol. The summed E-state index contributed by atoms with van der Waals surface area (Å²) in [5.74, 6) is 0.329. The molecule has 2 N–H and O–H groups in total. The van der Waals surface area contributed by atoms with E-state index in [9.17, 15) is 4.79 Å². The molecule has 110 valence electrons. The van der Waals surface area contributed by atoms with Crippen molar-refractivity contribution in [3.63, 3.8) is 0 Å². The van der Waals surface area contributed by atoms with Crippen LogP contribution in [0.4, 0.5) is 0 Å². The van der Waals surface area contributed by atoms with Crippen LogP contribution in [0.2, 0.25) is 0 Å². The summed E-state index contributed by atoms with van der Waals surface area (Å²) in [6.45, 7) is 9.01. The molecule has 1 aromatic carbocycles. The Hall–Kier alpha value is -1.35. The number of benzene rings is 1. The predicted octanol–water partition coefficient (Wildman–Crippen LogP) is 2.39. The Bertz CT molecular complexity index is 462. The van der Waals surface area contributed by atoms with Gasteiger partial charge in [0.05, 0.1) is 5.92 Å². The fourth-order valence-electron chi connectivity index (χ4n) is 2.70. The monoisotopic (exact) mass is 274 g/mol. The van der Waals surface area contributed by atoms with E-state index in [0.717, 1.165) is 25.9 Å². The number of hydrogen-bond acceptors (Lipinski definition) is 2. The van der Waals surface area contributed by atoms with Crippen LogP contribution in [0.25, 0.3) is 0 Å². The molecule has 1 amide bonds. The molecule has 0 bridgehead atoms. The predicted molar refractivity (Wildman–Crippen MR) is 82.8 cm³/mol. The number of hydrogen-bond donors (Lipinski definition) is 2. The second-order valence-electron chi connectivity index (χ2n) is 6.51. The molecule has 1 aliphatic heterocycles. The van der Waals surface area contributed by atoms with Crippen LogP contribution in [-0.4, -0.2) is 25.5 Å². The van der Waals surface area contributed by atoms with E-state index in [1.807, 2.05) is 0 Å². The zero-order chi connectivity index (χ0) is 14.6. The highest BCUT2D eigenvalue weighted by Crippen LogP contribution is 2.23. The molecule has 0 aliphatic carbocycles. The van der Waals surface area contributed by atoms with Crippen LogP contribution >= 0.6 is 0 Å². The Morgan fingerprint density at radius 3 is 2.90 bits per heavy atom. The highest BCUT2D eigenvalue weighted by molar-refractivity contribution is 5.79. The maximum atomic E-state index is 12.2. The van der Waals surface area contributed by atoms with Gasteiger partial charge >= 0.3 is 0 Å². The minimum atomic E-state index is -0.0379. The first-order valence-corrected chi connectivity index (χ1v) is 7.54. The standard InChI is InChI=1S/C17H26N2O/c1-13-6-4-8-15(10-13)17(2,3)12-19-16(20)14-7-5-9-18-11-14/h4,6,8,10,14,18H,5,7,9,11-12H2,1-3H3,(H,19,20).